The van der Waals surface area contributed by atoms with Gasteiger partial charge in [-0.1, -0.05) is 18.2 Å². The molecule has 0 saturated carbocycles. The fourth-order valence-electron chi connectivity index (χ4n) is 1.67. The predicted octanol–water partition coefficient (Wildman–Crippen LogP) is 2.46. The first-order valence-corrected chi connectivity index (χ1v) is 5.18. The monoisotopic (exact) mass is 228 g/mol. The Morgan fingerprint density at radius 2 is 1.93 bits per heavy atom. The van der Waals surface area contributed by atoms with E-state index < -0.39 is 0 Å². The minimum atomic E-state index is 0. The van der Waals surface area contributed by atoms with Gasteiger partial charge in [-0.05, 0) is 49.9 Å². The minimum absolute atomic E-state index is 0. The molecule has 0 heterocycles. The maximum absolute atomic E-state index is 6.10. The molecule has 1 atom stereocenters. The third-order valence-electron chi connectivity index (χ3n) is 2.77. The van der Waals surface area contributed by atoms with Gasteiger partial charge in [-0.3, -0.25) is 0 Å². The lowest BCUT2D eigenvalue weighted by atomic mass is 9.95. The van der Waals surface area contributed by atoms with Crippen LogP contribution in [-0.2, 0) is 0 Å². The van der Waals surface area contributed by atoms with Crippen molar-refractivity contribution in [2.45, 2.75) is 32.7 Å². The molecule has 86 valence electrons. The number of hydrogen-bond donors (Lipinski definition) is 2. The fourth-order valence-corrected chi connectivity index (χ4v) is 1.67. The van der Waals surface area contributed by atoms with Crippen LogP contribution < -0.4 is 11.5 Å². The SMILES string of the molecule is Cc1cccc([C@H](N)CCCN)c1C.Cl. The van der Waals surface area contributed by atoms with E-state index in [-0.39, 0.29) is 18.4 Å². The third kappa shape index (κ3) is 3.82. The Bertz CT molecular complexity index is 300. The number of rotatable bonds is 4. The van der Waals surface area contributed by atoms with Gasteiger partial charge < -0.3 is 11.5 Å². The topological polar surface area (TPSA) is 52.0 Å². The van der Waals surface area contributed by atoms with Crippen molar-refractivity contribution >= 4 is 12.4 Å². The molecule has 2 nitrogen and oxygen atoms in total. The summed E-state index contributed by atoms with van der Waals surface area (Å²) in [7, 11) is 0. The summed E-state index contributed by atoms with van der Waals surface area (Å²) < 4.78 is 0. The van der Waals surface area contributed by atoms with Gasteiger partial charge in [0.1, 0.15) is 0 Å². The Balaban J connectivity index is 0.00000196. The Hall–Kier alpha value is -0.570. The molecule has 0 aromatic heterocycles. The predicted molar refractivity (Wildman–Crippen MR) is 68.4 cm³/mol. The molecule has 0 radical (unpaired) electrons. The van der Waals surface area contributed by atoms with E-state index in [0.717, 1.165) is 19.4 Å². The quantitative estimate of drug-likeness (QED) is 0.832. The van der Waals surface area contributed by atoms with Gasteiger partial charge in [0.2, 0.25) is 0 Å². The van der Waals surface area contributed by atoms with Gasteiger partial charge in [0.05, 0.1) is 0 Å². The van der Waals surface area contributed by atoms with Crippen LogP contribution in [0, 0.1) is 13.8 Å². The molecule has 0 aliphatic carbocycles. The first kappa shape index (κ1) is 14.4. The van der Waals surface area contributed by atoms with Crippen LogP contribution in [0.3, 0.4) is 0 Å². The average Bonchev–Trinajstić information content (AvgIpc) is 2.18. The van der Waals surface area contributed by atoms with Crippen LogP contribution >= 0.6 is 12.4 Å². The average molecular weight is 229 g/mol. The van der Waals surface area contributed by atoms with Gasteiger partial charge in [0.15, 0.2) is 0 Å². The molecule has 3 heteroatoms. The summed E-state index contributed by atoms with van der Waals surface area (Å²) in [6.07, 6.45) is 1.97. The van der Waals surface area contributed by atoms with Crippen LogP contribution in [0.1, 0.15) is 35.6 Å². The van der Waals surface area contributed by atoms with Crippen LogP contribution in [0.2, 0.25) is 0 Å². The van der Waals surface area contributed by atoms with E-state index in [1.807, 2.05) is 0 Å². The van der Waals surface area contributed by atoms with Gasteiger partial charge in [0.25, 0.3) is 0 Å². The molecule has 1 rings (SSSR count). The largest absolute Gasteiger partial charge is 0.330 e. The van der Waals surface area contributed by atoms with Crippen molar-refractivity contribution in [3.63, 3.8) is 0 Å². The molecule has 0 amide bonds. The highest BCUT2D eigenvalue weighted by atomic mass is 35.5. The zero-order valence-corrected chi connectivity index (χ0v) is 10.3. The smallest absolute Gasteiger partial charge is 0.0298 e. The molecule has 0 aliphatic heterocycles. The lowest BCUT2D eigenvalue weighted by molar-refractivity contribution is 0.615. The molecular formula is C12H21ClN2. The van der Waals surface area contributed by atoms with Gasteiger partial charge in [0, 0.05) is 6.04 Å². The van der Waals surface area contributed by atoms with Crippen molar-refractivity contribution in [3.05, 3.63) is 34.9 Å². The Morgan fingerprint density at radius 1 is 1.27 bits per heavy atom. The van der Waals surface area contributed by atoms with Crippen molar-refractivity contribution in [1.29, 1.82) is 0 Å². The van der Waals surface area contributed by atoms with Crippen molar-refractivity contribution in [2.75, 3.05) is 6.54 Å². The number of benzene rings is 1. The highest BCUT2D eigenvalue weighted by Gasteiger charge is 2.08. The van der Waals surface area contributed by atoms with Gasteiger partial charge in [-0.2, -0.15) is 0 Å². The Labute approximate surface area is 98.5 Å². The van der Waals surface area contributed by atoms with Crippen LogP contribution in [-0.4, -0.2) is 6.54 Å². The lowest BCUT2D eigenvalue weighted by Crippen LogP contribution is -2.14. The van der Waals surface area contributed by atoms with Crippen LogP contribution in [0.25, 0.3) is 0 Å². The zero-order chi connectivity index (χ0) is 10.6. The molecule has 0 saturated heterocycles. The molecule has 0 spiro atoms. The van der Waals surface area contributed by atoms with E-state index in [0.29, 0.717) is 0 Å². The maximum atomic E-state index is 6.10. The number of hydrogen-bond acceptors (Lipinski definition) is 2. The standard InChI is InChI=1S/C12H20N2.ClH/c1-9-5-3-6-11(10(9)2)12(14)7-4-8-13;/h3,5-6,12H,4,7-8,13-14H2,1-2H3;1H/t12-;/m1./s1. The van der Waals surface area contributed by atoms with E-state index in [4.69, 9.17) is 11.5 Å². The summed E-state index contributed by atoms with van der Waals surface area (Å²) in [6.45, 7) is 4.97. The molecular weight excluding hydrogens is 208 g/mol. The summed E-state index contributed by atoms with van der Waals surface area (Å²) in [4.78, 5) is 0. The molecule has 0 aliphatic rings. The molecule has 1 aromatic rings. The van der Waals surface area contributed by atoms with E-state index in [1.54, 1.807) is 0 Å². The molecule has 0 fully saturated rings. The Morgan fingerprint density at radius 3 is 2.53 bits per heavy atom. The van der Waals surface area contributed by atoms with Crippen molar-refractivity contribution in [2.24, 2.45) is 11.5 Å². The molecule has 1 aromatic carbocycles. The first-order chi connectivity index (χ1) is 6.66. The zero-order valence-electron chi connectivity index (χ0n) is 9.49. The second-order valence-corrected chi connectivity index (χ2v) is 3.83. The van der Waals surface area contributed by atoms with E-state index in [2.05, 4.69) is 32.0 Å². The maximum Gasteiger partial charge on any atom is 0.0298 e. The van der Waals surface area contributed by atoms with Crippen molar-refractivity contribution in [3.8, 4) is 0 Å². The van der Waals surface area contributed by atoms with Gasteiger partial charge >= 0.3 is 0 Å². The number of halogens is 1. The highest BCUT2D eigenvalue weighted by Crippen LogP contribution is 2.21. The summed E-state index contributed by atoms with van der Waals surface area (Å²) in [5.41, 5.74) is 15.5. The normalized spacial score (nSPS) is 12.0. The van der Waals surface area contributed by atoms with Gasteiger partial charge in [-0.15, -0.1) is 12.4 Å². The second kappa shape index (κ2) is 6.83. The lowest BCUT2D eigenvalue weighted by Gasteiger charge is -2.15. The highest BCUT2D eigenvalue weighted by molar-refractivity contribution is 5.85. The first-order valence-electron chi connectivity index (χ1n) is 5.18. The van der Waals surface area contributed by atoms with Crippen molar-refractivity contribution in [1.82, 2.24) is 0 Å². The fraction of sp³-hybridized carbons (Fsp3) is 0.500. The molecule has 0 unspecified atom stereocenters. The minimum Gasteiger partial charge on any atom is -0.330 e. The molecule has 0 bridgehead atoms. The Kier molecular flexibility index (Phi) is 6.57. The molecule has 15 heavy (non-hydrogen) atoms. The van der Waals surface area contributed by atoms with Gasteiger partial charge in [-0.25, -0.2) is 0 Å². The molecule has 4 N–H and O–H groups in total. The second-order valence-electron chi connectivity index (χ2n) is 3.83. The van der Waals surface area contributed by atoms with Crippen LogP contribution in [0.4, 0.5) is 0 Å². The summed E-state index contributed by atoms with van der Waals surface area (Å²) in [5, 5.41) is 0. The van der Waals surface area contributed by atoms with E-state index >= 15 is 0 Å². The van der Waals surface area contributed by atoms with Crippen LogP contribution in [0.15, 0.2) is 18.2 Å². The third-order valence-corrected chi connectivity index (χ3v) is 2.77. The van der Waals surface area contributed by atoms with Crippen LogP contribution in [0.5, 0.6) is 0 Å². The van der Waals surface area contributed by atoms with Crippen molar-refractivity contribution < 1.29 is 0 Å². The number of aryl methyl sites for hydroxylation is 1. The van der Waals surface area contributed by atoms with E-state index in [9.17, 15) is 0 Å². The summed E-state index contributed by atoms with van der Waals surface area (Å²) in [5.74, 6) is 0. The summed E-state index contributed by atoms with van der Waals surface area (Å²) >= 11 is 0. The number of nitrogens with two attached hydrogens (primary N) is 2. The summed E-state index contributed by atoms with van der Waals surface area (Å²) in [6, 6.07) is 6.44. The van der Waals surface area contributed by atoms with E-state index in [1.165, 1.54) is 16.7 Å².